The van der Waals surface area contributed by atoms with E-state index in [1.54, 1.807) is 42.5 Å². The Bertz CT molecular complexity index is 1230. The van der Waals surface area contributed by atoms with E-state index in [0.717, 1.165) is 22.9 Å². The maximum atomic E-state index is 12.2. The smallest absolute Gasteiger partial charge is 0.279 e. The first-order valence-electron chi connectivity index (χ1n) is 9.54. The molecule has 0 radical (unpaired) electrons. The number of halogens is 2. The summed E-state index contributed by atoms with van der Waals surface area (Å²) in [5.41, 5.74) is 2.19. The van der Waals surface area contributed by atoms with Gasteiger partial charge in [0.05, 0.1) is 15.0 Å². The van der Waals surface area contributed by atoms with Gasteiger partial charge in [0.15, 0.2) is 5.17 Å². The van der Waals surface area contributed by atoms with E-state index in [-0.39, 0.29) is 11.1 Å². The molecule has 8 heteroatoms. The first-order chi connectivity index (χ1) is 15.5. The van der Waals surface area contributed by atoms with Crippen molar-refractivity contribution in [3.8, 4) is 5.75 Å². The SMILES string of the molecule is O=C1NC(=NC(=O)c2ccccc2)S/C1=C\c1ccc(OCc2ccc(Cl)c(Cl)c2)cc1. The van der Waals surface area contributed by atoms with Crippen molar-refractivity contribution in [1.29, 1.82) is 0 Å². The summed E-state index contributed by atoms with van der Waals surface area (Å²) in [4.78, 5) is 28.9. The van der Waals surface area contributed by atoms with E-state index in [0.29, 0.717) is 32.9 Å². The molecule has 1 aliphatic heterocycles. The molecule has 2 amide bonds. The first kappa shape index (κ1) is 22.1. The molecule has 32 heavy (non-hydrogen) atoms. The van der Waals surface area contributed by atoms with Crippen LogP contribution in [0.3, 0.4) is 0 Å². The van der Waals surface area contributed by atoms with Crippen molar-refractivity contribution in [2.24, 2.45) is 4.99 Å². The fourth-order valence-electron chi connectivity index (χ4n) is 2.83. The Balaban J connectivity index is 1.39. The lowest BCUT2D eigenvalue weighted by Gasteiger charge is -2.07. The molecule has 3 aromatic carbocycles. The average Bonchev–Trinajstić information content (AvgIpc) is 3.14. The Labute approximate surface area is 199 Å². The third-order valence-corrected chi connectivity index (χ3v) is 6.09. The van der Waals surface area contributed by atoms with Crippen LogP contribution < -0.4 is 10.1 Å². The van der Waals surface area contributed by atoms with Gasteiger partial charge in [-0.15, -0.1) is 0 Å². The predicted octanol–water partition coefficient (Wildman–Crippen LogP) is 5.97. The van der Waals surface area contributed by atoms with E-state index >= 15 is 0 Å². The van der Waals surface area contributed by atoms with Crippen LogP contribution in [-0.4, -0.2) is 17.0 Å². The van der Waals surface area contributed by atoms with E-state index in [1.165, 1.54) is 0 Å². The summed E-state index contributed by atoms with van der Waals surface area (Å²) < 4.78 is 5.77. The van der Waals surface area contributed by atoms with Gasteiger partial charge < -0.3 is 10.1 Å². The van der Waals surface area contributed by atoms with Crippen LogP contribution in [0.5, 0.6) is 5.75 Å². The van der Waals surface area contributed by atoms with Crippen molar-refractivity contribution in [3.63, 3.8) is 0 Å². The number of nitrogens with zero attached hydrogens (tertiary/aromatic N) is 1. The molecule has 0 unspecified atom stereocenters. The molecule has 1 saturated heterocycles. The molecule has 0 atom stereocenters. The van der Waals surface area contributed by atoms with E-state index in [4.69, 9.17) is 27.9 Å². The molecule has 4 rings (SSSR count). The van der Waals surface area contributed by atoms with E-state index in [1.807, 2.05) is 36.4 Å². The minimum absolute atomic E-state index is 0.261. The Kier molecular flexibility index (Phi) is 6.95. The second kappa shape index (κ2) is 10.0. The molecule has 1 fully saturated rings. The zero-order valence-electron chi connectivity index (χ0n) is 16.5. The maximum Gasteiger partial charge on any atom is 0.279 e. The van der Waals surface area contributed by atoms with Gasteiger partial charge in [-0.2, -0.15) is 4.99 Å². The number of carbonyl (C=O) groups is 2. The molecule has 1 N–H and O–H groups in total. The predicted molar refractivity (Wildman–Crippen MR) is 129 cm³/mol. The fourth-order valence-corrected chi connectivity index (χ4v) is 3.97. The number of nitrogens with one attached hydrogen (secondary N) is 1. The molecular weight excluding hydrogens is 467 g/mol. The average molecular weight is 483 g/mol. The van der Waals surface area contributed by atoms with Crippen LogP contribution in [0.15, 0.2) is 82.7 Å². The number of amides is 2. The van der Waals surface area contributed by atoms with Crippen LogP contribution in [0.25, 0.3) is 6.08 Å². The molecule has 0 aliphatic carbocycles. The molecule has 0 spiro atoms. The van der Waals surface area contributed by atoms with Crippen LogP contribution in [0.1, 0.15) is 21.5 Å². The van der Waals surface area contributed by atoms with Gasteiger partial charge in [0.2, 0.25) is 0 Å². The number of amidine groups is 1. The van der Waals surface area contributed by atoms with Crippen LogP contribution in [0.2, 0.25) is 10.0 Å². The Morgan fingerprint density at radius 3 is 2.47 bits per heavy atom. The van der Waals surface area contributed by atoms with Crippen LogP contribution in [0.4, 0.5) is 0 Å². The summed E-state index contributed by atoms with van der Waals surface area (Å²) in [5.74, 6) is -0.0230. The minimum Gasteiger partial charge on any atom is -0.489 e. The summed E-state index contributed by atoms with van der Waals surface area (Å²) in [5, 5.41) is 3.87. The van der Waals surface area contributed by atoms with Gasteiger partial charge in [-0.1, -0.05) is 59.6 Å². The molecule has 0 aromatic heterocycles. The lowest BCUT2D eigenvalue weighted by molar-refractivity contribution is -0.115. The Morgan fingerprint density at radius 2 is 1.75 bits per heavy atom. The molecule has 0 bridgehead atoms. The highest BCUT2D eigenvalue weighted by atomic mass is 35.5. The van der Waals surface area contributed by atoms with Crippen molar-refractivity contribution in [2.45, 2.75) is 6.61 Å². The standard InChI is InChI=1S/C24H16Cl2N2O3S/c25-19-11-8-16(12-20(19)26)14-31-18-9-6-15(7-10-18)13-21-23(30)28-24(32-21)27-22(29)17-4-2-1-3-5-17/h1-13H,14H2,(H,27,28,29,30)/b21-13-. The largest absolute Gasteiger partial charge is 0.489 e. The first-order valence-corrected chi connectivity index (χ1v) is 11.1. The number of hydrogen-bond donors (Lipinski definition) is 1. The minimum atomic E-state index is -0.405. The summed E-state index contributed by atoms with van der Waals surface area (Å²) in [6.45, 7) is 0.352. The fraction of sp³-hybridized carbons (Fsp3) is 0.0417. The third kappa shape index (κ3) is 5.59. The van der Waals surface area contributed by atoms with E-state index in [9.17, 15) is 9.59 Å². The number of rotatable bonds is 5. The summed E-state index contributed by atoms with van der Waals surface area (Å²) in [6.07, 6.45) is 1.73. The molecule has 0 saturated carbocycles. The maximum absolute atomic E-state index is 12.2. The third-order valence-electron chi connectivity index (χ3n) is 4.44. The molecular formula is C24H16Cl2N2O3S. The van der Waals surface area contributed by atoms with E-state index in [2.05, 4.69) is 10.3 Å². The molecule has 3 aromatic rings. The molecule has 1 heterocycles. The molecule has 1 aliphatic rings. The van der Waals surface area contributed by atoms with Crippen molar-refractivity contribution in [2.75, 3.05) is 0 Å². The Morgan fingerprint density at radius 1 is 1.00 bits per heavy atom. The lowest BCUT2D eigenvalue weighted by Crippen LogP contribution is -2.20. The quantitative estimate of drug-likeness (QED) is 0.454. The van der Waals surface area contributed by atoms with Crippen molar-refractivity contribution >= 4 is 58.0 Å². The van der Waals surface area contributed by atoms with Gasteiger partial charge in [-0.25, -0.2) is 0 Å². The zero-order valence-corrected chi connectivity index (χ0v) is 18.9. The highest BCUT2D eigenvalue weighted by Gasteiger charge is 2.24. The van der Waals surface area contributed by atoms with Gasteiger partial charge in [0.1, 0.15) is 12.4 Å². The van der Waals surface area contributed by atoms with Gasteiger partial charge in [0, 0.05) is 5.56 Å². The van der Waals surface area contributed by atoms with Gasteiger partial charge in [-0.3, -0.25) is 9.59 Å². The van der Waals surface area contributed by atoms with Gasteiger partial charge in [-0.05, 0) is 65.4 Å². The molecule has 5 nitrogen and oxygen atoms in total. The Hall–Kier alpha value is -3.06. The monoisotopic (exact) mass is 482 g/mol. The van der Waals surface area contributed by atoms with Gasteiger partial charge >= 0.3 is 0 Å². The highest BCUT2D eigenvalue weighted by Crippen LogP contribution is 2.27. The second-order valence-electron chi connectivity index (χ2n) is 6.76. The van der Waals surface area contributed by atoms with Crippen LogP contribution in [-0.2, 0) is 11.4 Å². The molecule has 160 valence electrons. The normalized spacial score (nSPS) is 15.8. The van der Waals surface area contributed by atoms with E-state index < -0.39 is 5.91 Å². The summed E-state index contributed by atoms with van der Waals surface area (Å²) >= 11 is 13.1. The van der Waals surface area contributed by atoms with Crippen LogP contribution in [0, 0.1) is 0 Å². The summed E-state index contributed by atoms with van der Waals surface area (Å²) in [6, 6.07) is 21.4. The highest BCUT2D eigenvalue weighted by molar-refractivity contribution is 8.18. The topological polar surface area (TPSA) is 67.8 Å². The van der Waals surface area contributed by atoms with Gasteiger partial charge in [0.25, 0.3) is 11.8 Å². The number of carbonyl (C=O) groups excluding carboxylic acids is 2. The van der Waals surface area contributed by atoms with Crippen molar-refractivity contribution < 1.29 is 14.3 Å². The number of benzene rings is 3. The van der Waals surface area contributed by atoms with Crippen molar-refractivity contribution in [1.82, 2.24) is 5.32 Å². The lowest BCUT2D eigenvalue weighted by atomic mass is 10.2. The zero-order chi connectivity index (χ0) is 22.5. The number of aliphatic imine (C=N–C) groups is 1. The number of thioether (sulfide) groups is 1. The van der Waals surface area contributed by atoms with Crippen LogP contribution >= 0.6 is 35.0 Å². The second-order valence-corrected chi connectivity index (χ2v) is 8.60. The summed E-state index contributed by atoms with van der Waals surface area (Å²) in [7, 11) is 0. The number of hydrogen-bond acceptors (Lipinski definition) is 4. The number of ether oxygens (including phenoxy) is 1. The van der Waals surface area contributed by atoms with Crippen molar-refractivity contribution in [3.05, 3.63) is 104 Å².